The molecule has 1 amide bonds. The first-order valence-electron chi connectivity index (χ1n) is 9.33. The number of carbonyl (C=O) groups is 1. The van der Waals surface area contributed by atoms with Crippen molar-refractivity contribution in [3.05, 3.63) is 42.6 Å². The molecule has 0 N–H and O–H groups in total. The predicted octanol–water partition coefficient (Wildman–Crippen LogP) is 1.31. The molecule has 138 valence electrons. The monoisotopic (exact) mass is 355 g/mol. The molecule has 26 heavy (non-hydrogen) atoms. The third-order valence-corrected chi connectivity index (χ3v) is 5.17. The largest absolute Gasteiger partial charge is 0.378 e. The second-order valence-electron chi connectivity index (χ2n) is 6.96. The van der Waals surface area contributed by atoms with Crippen molar-refractivity contribution >= 4 is 5.91 Å². The zero-order valence-electron chi connectivity index (χ0n) is 15.0. The van der Waals surface area contributed by atoms with Gasteiger partial charge in [0, 0.05) is 43.6 Å². The summed E-state index contributed by atoms with van der Waals surface area (Å²) in [6, 6.07) is 6.14. The fourth-order valence-electron chi connectivity index (χ4n) is 3.75. The first-order valence-corrected chi connectivity index (χ1v) is 9.33. The minimum atomic E-state index is 0.217. The van der Waals surface area contributed by atoms with Gasteiger partial charge in [-0.2, -0.15) is 0 Å². The topological polar surface area (TPSA) is 63.5 Å². The summed E-state index contributed by atoms with van der Waals surface area (Å²) in [6.45, 7) is 5.09. The van der Waals surface area contributed by atoms with Crippen LogP contribution in [-0.2, 0) is 9.53 Å². The first-order chi connectivity index (χ1) is 12.8. The fraction of sp³-hybridized carbons (Fsp3) is 0.526. The van der Waals surface area contributed by atoms with Crippen molar-refractivity contribution in [2.45, 2.75) is 18.8 Å². The van der Waals surface area contributed by atoms with Gasteiger partial charge in [-0.25, -0.2) is 9.97 Å². The van der Waals surface area contributed by atoms with E-state index in [2.05, 4.69) is 22.0 Å². The lowest BCUT2D eigenvalue weighted by atomic mass is 9.94. The van der Waals surface area contributed by atoms with Gasteiger partial charge in [-0.1, -0.05) is 6.07 Å². The lowest BCUT2D eigenvalue weighted by Gasteiger charge is -2.34. The molecule has 2 aromatic rings. The maximum Gasteiger partial charge on any atom is 0.236 e. The van der Waals surface area contributed by atoms with Crippen LogP contribution in [0.3, 0.4) is 0 Å². The number of ether oxygens (including phenoxy) is 1. The lowest BCUT2D eigenvalue weighted by Crippen LogP contribution is -2.47. The van der Waals surface area contributed by atoms with Crippen LogP contribution in [0.2, 0.25) is 0 Å². The Bertz CT molecular complexity index is 727. The summed E-state index contributed by atoms with van der Waals surface area (Å²) in [4.78, 5) is 25.6. The number of amides is 1. The highest BCUT2D eigenvalue weighted by Gasteiger charge is 2.26. The number of imidazole rings is 1. The summed E-state index contributed by atoms with van der Waals surface area (Å²) >= 11 is 0. The van der Waals surface area contributed by atoms with Crippen LogP contribution in [0.5, 0.6) is 0 Å². The molecule has 1 atom stereocenters. The summed E-state index contributed by atoms with van der Waals surface area (Å²) < 4.78 is 7.26. The van der Waals surface area contributed by atoms with Crippen molar-refractivity contribution in [2.24, 2.45) is 0 Å². The number of carbonyl (C=O) groups excluding carboxylic acids is 1. The molecule has 2 aliphatic heterocycles. The number of rotatable bonds is 4. The average Bonchev–Trinajstić information content (AvgIpc) is 3.24. The number of aromatic nitrogens is 3. The summed E-state index contributed by atoms with van der Waals surface area (Å²) in [5.74, 6) is 1.47. The van der Waals surface area contributed by atoms with E-state index in [1.54, 1.807) is 12.5 Å². The molecule has 0 aromatic carbocycles. The second-order valence-corrected chi connectivity index (χ2v) is 6.96. The Morgan fingerprint density at radius 1 is 1.23 bits per heavy atom. The van der Waals surface area contributed by atoms with Gasteiger partial charge in [0.2, 0.25) is 5.91 Å². The minimum Gasteiger partial charge on any atom is -0.378 e. The van der Waals surface area contributed by atoms with Crippen LogP contribution >= 0.6 is 0 Å². The van der Waals surface area contributed by atoms with Gasteiger partial charge in [-0.3, -0.25) is 14.3 Å². The van der Waals surface area contributed by atoms with Crippen molar-refractivity contribution in [3.8, 4) is 5.82 Å². The Morgan fingerprint density at radius 2 is 2.12 bits per heavy atom. The van der Waals surface area contributed by atoms with Gasteiger partial charge in [-0.15, -0.1) is 0 Å². The first kappa shape index (κ1) is 17.2. The quantitative estimate of drug-likeness (QED) is 0.827. The molecule has 0 aliphatic carbocycles. The van der Waals surface area contributed by atoms with E-state index in [1.165, 1.54) is 0 Å². The van der Waals surface area contributed by atoms with Crippen molar-refractivity contribution < 1.29 is 9.53 Å². The number of nitrogens with zero attached hydrogens (tertiary/aromatic N) is 5. The van der Waals surface area contributed by atoms with E-state index in [1.807, 2.05) is 21.7 Å². The molecule has 0 spiro atoms. The molecule has 7 nitrogen and oxygen atoms in total. The summed E-state index contributed by atoms with van der Waals surface area (Å²) in [6.07, 6.45) is 7.63. The van der Waals surface area contributed by atoms with E-state index in [0.29, 0.717) is 38.8 Å². The van der Waals surface area contributed by atoms with Crippen LogP contribution in [0, 0.1) is 0 Å². The zero-order valence-corrected chi connectivity index (χ0v) is 15.0. The van der Waals surface area contributed by atoms with Gasteiger partial charge < -0.3 is 9.64 Å². The standard InChI is InChI=1S/C19H25N5O2/c25-19(23-9-11-26-12-10-23)14-22-7-2-3-16(13-22)17-4-1-5-18(21-17)24-8-6-20-15-24/h1,4-6,8,15-16H,2-3,7,9-14H2. The molecule has 2 aliphatic rings. The molecule has 0 bridgehead atoms. The highest BCUT2D eigenvalue weighted by Crippen LogP contribution is 2.26. The molecule has 2 saturated heterocycles. The molecule has 0 saturated carbocycles. The van der Waals surface area contributed by atoms with Gasteiger partial charge in [0.1, 0.15) is 12.1 Å². The molecule has 0 radical (unpaired) electrons. The number of likely N-dealkylation sites (tertiary alicyclic amines) is 1. The predicted molar refractivity (Wildman–Crippen MR) is 97.2 cm³/mol. The van der Waals surface area contributed by atoms with Crippen LogP contribution in [-0.4, -0.2) is 76.2 Å². The summed E-state index contributed by atoms with van der Waals surface area (Å²) in [7, 11) is 0. The van der Waals surface area contributed by atoms with Gasteiger partial charge >= 0.3 is 0 Å². The van der Waals surface area contributed by atoms with E-state index in [-0.39, 0.29) is 5.91 Å². The smallest absolute Gasteiger partial charge is 0.236 e. The third-order valence-electron chi connectivity index (χ3n) is 5.17. The molecular formula is C19H25N5O2. The lowest BCUT2D eigenvalue weighted by molar-refractivity contribution is -0.136. The average molecular weight is 355 g/mol. The Hall–Kier alpha value is -2.25. The van der Waals surface area contributed by atoms with Crippen molar-refractivity contribution in [2.75, 3.05) is 45.9 Å². The normalized spacial score (nSPS) is 21.7. The van der Waals surface area contributed by atoms with Crippen LogP contribution in [0.15, 0.2) is 36.9 Å². The molecule has 4 heterocycles. The zero-order chi connectivity index (χ0) is 17.8. The Kier molecular flexibility index (Phi) is 5.26. The molecular weight excluding hydrogens is 330 g/mol. The Morgan fingerprint density at radius 3 is 2.92 bits per heavy atom. The van der Waals surface area contributed by atoms with E-state index < -0.39 is 0 Å². The minimum absolute atomic E-state index is 0.217. The van der Waals surface area contributed by atoms with Crippen molar-refractivity contribution in [1.82, 2.24) is 24.3 Å². The van der Waals surface area contributed by atoms with E-state index in [0.717, 1.165) is 37.4 Å². The van der Waals surface area contributed by atoms with Crippen LogP contribution in [0.4, 0.5) is 0 Å². The van der Waals surface area contributed by atoms with E-state index >= 15 is 0 Å². The number of piperidine rings is 1. The van der Waals surface area contributed by atoms with E-state index in [4.69, 9.17) is 9.72 Å². The summed E-state index contributed by atoms with van der Waals surface area (Å²) in [5, 5.41) is 0. The maximum absolute atomic E-state index is 12.5. The number of pyridine rings is 1. The van der Waals surface area contributed by atoms with Gasteiger partial charge in [-0.05, 0) is 31.5 Å². The Labute approximate surface area is 153 Å². The Balaban J connectivity index is 1.40. The molecule has 4 rings (SSSR count). The SMILES string of the molecule is O=C(CN1CCCC(c2cccc(-n3ccnc3)n2)C1)N1CCOCC1. The third kappa shape index (κ3) is 3.94. The van der Waals surface area contributed by atoms with Gasteiger partial charge in [0.05, 0.1) is 19.8 Å². The van der Waals surface area contributed by atoms with E-state index in [9.17, 15) is 4.79 Å². The van der Waals surface area contributed by atoms with Gasteiger partial charge in [0.25, 0.3) is 0 Å². The summed E-state index contributed by atoms with van der Waals surface area (Å²) in [5.41, 5.74) is 1.10. The maximum atomic E-state index is 12.5. The number of hydrogen-bond acceptors (Lipinski definition) is 5. The molecule has 7 heteroatoms. The van der Waals surface area contributed by atoms with Crippen molar-refractivity contribution in [1.29, 1.82) is 0 Å². The highest BCUT2D eigenvalue weighted by molar-refractivity contribution is 5.78. The van der Waals surface area contributed by atoms with Gasteiger partial charge in [0.15, 0.2) is 0 Å². The van der Waals surface area contributed by atoms with Crippen LogP contribution < -0.4 is 0 Å². The fourth-order valence-corrected chi connectivity index (χ4v) is 3.75. The van der Waals surface area contributed by atoms with Crippen molar-refractivity contribution in [3.63, 3.8) is 0 Å². The van der Waals surface area contributed by atoms with Crippen LogP contribution in [0.25, 0.3) is 5.82 Å². The number of morpholine rings is 1. The molecule has 2 aromatic heterocycles. The highest BCUT2D eigenvalue weighted by atomic mass is 16.5. The molecule has 1 unspecified atom stereocenters. The van der Waals surface area contributed by atoms with Crippen LogP contribution in [0.1, 0.15) is 24.5 Å². The molecule has 2 fully saturated rings. The second kappa shape index (κ2) is 7.97. The number of hydrogen-bond donors (Lipinski definition) is 0.